The SMILES string of the molecule is O=C(O)C1CCC2(CCN(C(=O)OCC3c4ccccc4-c4ccccc43)CC2)O1. The van der Waals surface area contributed by atoms with Gasteiger partial charge in [0.15, 0.2) is 6.10 Å². The first-order valence-corrected chi connectivity index (χ1v) is 10.6. The van der Waals surface area contributed by atoms with Crippen molar-refractivity contribution in [1.29, 1.82) is 0 Å². The van der Waals surface area contributed by atoms with Crippen LogP contribution in [0.3, 0.4) is 0 Å². The molecular weight excluding hydrogens is 382 g/mol. The number of likely N-dealkylation sites (tertiary alicyclic amines) is 1. The van der Waals surface area contributed by atoms with Crippen molar-refractivity contribution in [3.8, 4) is 11.1 Å². The normalized spacial score (nSPS) is 22.0. The van der Waals surface area contributed by atoms with Crippen molar-refractivity contribution < 1.29 is 24.2 Å². The number of fused-ring (bicyclic) bond motifs is 3. The third-order valence-corrected chi connectivity index (χ3v) is 6.80. The molecule has 1 spiro atoms. The zero-order chi connectivity index (χ0) is 20.7. The number of ether oxygens (including phenoxy) is 2. The van der Waals surface area contributed by atoms with Crippen LogP contribution >= 0.6 is 0 Å². The first-order valence-electron chi connectivity index (χ1n) is 10.6. The lowest BCUT2D eigenvalue weighted by Gasteiger charge is -2.38. The Labute approximate surface area is 175 Å². The molecule has 2 aliphatic heterocycles. The molecule has 0 radical (unpaired) electrons. The number of hydrogen-bond acceptors (Lipinski definition) is 4. The van der Waals surface area contributed by atoms with E-state index in [4.69, 9.17) is 9.47 Å². The molecule has 2 fully saturated rings. The fraction of sp³-hybridized carbons (Fsp3) is 0.417. The molecule has 5 rings (SSSR count). The highest BCUT2D eigenvalue weighted by molar-refractivity contribution is 5.79. The van der Waals surface area contributed by atoms with Crippen molar-refractivity contribution in [2.75, 3.05) is 19.7 Å². The highest BCUT2D eigenvalue weighted by Crippen LogP contribution is 2.44. The van der Waals surface area contributed by atoms with Gasteiger partial charge in [-0.2, -0.15) is 0 Å². The zero-order valence-electron chi connectivity index (χ0n) is 16.8. The zero-order valence-corrected chi connectivity index (χ0v) is 16.8. The topological polar surface area (TPSA) is 76.1 Å². The number of carboxylic acids is 1. The number of carbonyl (C=O) groups is 2. The van der Waals surface area contributed by atoms with Crippen molar-refractivity contribution in [2.45, 2.75) is 43.3 Å². The molecule has 6 heteroatoms. The molecule has 2 aromatic carbocycles. The van der Waals surface area contributed by atoms with Gasteiger partial charge in [-0.1, -0.05) is 48.5 Å². The van der Waals surface area contributed by atoms with Gasteiger partial charge in [0, 0.05) is 19.0 Å². The average molecular weight is 407 g/mol. The van der Waals surface area contributed by atoms with Crippen LogP contribution in [0.5, 0.6) is 0 Å². The van der Waals surface area contributed by atoms with E-state index in [9.17, 15) is 14.7 Å². The van der Waals surface area contributed by atoms with Crippen LogP contribution in [0.25, 0.3) is 11.1 Å². The summed E-state index contributed by atoms with van der Waals surface area (Å²) in [6, 6.07) is 16.6. The van der Waals surface area contributed by atoms with E-state index in [0.29, 0.717) is 39.0 Å². The molecule has 2 aromatic rings. The summed E-state index contributed by atoms with van der Waals surface area (Å²) in [6.45, 7) is 1.37. The van der Waals surface area contributed by atoms with E-state index in [-0.39, 0.29) is 12.0 Å². The molecule has 0 aromatic heterocycles. The van der Waals surface area contributed by atoms with Crippen molar-refractivity contribution in [1.82, 2.24) is 4.90 Å². The maximum Gasteiger partial charge on any atom is 0.409 e. The van der Waals surface area contributed by atoms with Crippen LogP contribution in [-0.2, 0) is 14.3 Å². The number of nitrogens with zero attached hydrogens (tertiary/aromatic N) is 1. The molecule has 2 heterocycles. The van der Waals surface area contributed by atoms with E-state index in [1.807, 2.05) is 24.3 Å². The summed E-state index contributed by atoms with van der Waals surface area (Å²) < 4.78 is 11.6. The van der Waals surface area contributed by atoms with Crippen LogP contribution < -0.4 is 0 Å². The van der Waals surface area contributed by atoms with Crippen LogP contribution in [0.15, 0.2) is 48.5 Å². The Balaban J connectivity index is 1.21. The highest BCUT2D eigenvalue weighted by atomic mass is 16.6. The highest BCUT2D eigenvalue weighted by Gasteiger charge is 2.45. The maximum absolute atomic E-state index is 12.7. The molecular formula is C24H25NO5. The third-order valence-electron chi connectivity index (χ3n) is 6.80. The van der Waals surface area contributed by atoms with Gasteiger partial charge in [0.05, 0.1) is 5.60 Å². The first-order chi connectivity index (χ1) is 14.6. The summed E-state index contributed by atoms with van der Waals surface area (Å²) in [6.07, 6.45) is 1.57. The van der Waals surface area contributed by atoms with Gasteiger partial charge < -0.3 is 19.5 Å². The van der Waals surface area contributed by atoms with E-state index in [1.165, 1.54) is 22.3 Å². The molecule has 3 aliphatic rings. The summed E-state index contributed by atoms with van der Waals surface area (Å²) in [5.41, 5.74) is 4.41. The van der Waals surface area contributed by atoms with Crippen LogP contribution in [0.2, 0.25) is 0 Å². The number of benzene rings is 2. The van der Waals surface area contributed by atoms with Crippen molar-refractivity contribution >= 4 is 12.1 Å². The molecule has 1 aliphatic carbocycles. The summed E-state index contributed by atoms with van der Waals surface area (Å²) in [7, 11) is 0. The van der Waals surface area contributed by atoms with Gasteiger partial charge in [0.25, 0.3) is 0 Å². The monoisotopic (exact) mass is 407 g/mol. The van der Waals surface area contributed by atoms with Gasteiger partial charge >= 0.3 is 12.1 Å². The molecule has 156 valence electrons. The number of amides is 1. The van der Waals surface area contributed by atoms with E-state index in [1.54, 1.807) is 4.90 Å². The predicted molar refractivity (Wildman–Crippen MR) is 110 cm³/mol. The minimum atomic E-state index is -0.897. The molecule has 1 N–H and O–H groups in total. The van der Waals surface area contributed by atoms with Crippen LogP contribution in [0.4, 0.5) is 4.79 Å². The maximum atomic E-state index is 12.7. The molecule has 1 atom stereocenters. The van der Waals surface area contributed by atoms with Crippen LogP contribution in [0.1, 0.15) is 42.7 Å². The number of aliphatic carboxylic acids is 1. The van der Waals surface area contributed by atoms with Gasteiger partial charge in [-0.3, -0.25) is 0 Å². The Hall–Kier alpha value is -2.86. The molecule has 1 unspecified atom stereocenters. The van der Waals surface area contributed by atoms with Gasteiger partial charge in [-0.15, -0.1) is 0 Å². The number of hydrogen-bond donors (Lipinski definition) is 1. The molecule has 1 amide bonds. The van der Waals surface area contributed by atoms with Crippen molar-refractivity contribution in [3.63, 3.8) is 0 Å². The molecule has 2 saturated heterocycles. The number of piperidine rings is 1. The van der Waals surface area contributed by atoms with Gasteiger partial charge in [-0.25, -0.2) is 9.59 Å². The fourth-order valence-electron chi connectivity index (χ4n) is 5.14. The molecule has 0 bridgehead atoms. The minimum absolute atomic E-state index is 0.0481. The largest absolute Gasteiger partial charge is 0.479 e. The lowest BCUT2D eigenvalue weighted by molar-refractivity contribution is -0.157. The smallest absolute Gasteiger partial charge is 0.409 e. The number of carbonyl (C=O) groups excluding carboxylic acids is 1. The first kappa shape index (κ1) is 19.1. The van der Waals surface area contributed by atoms with Crippen LogP contribution in [0, 0.1) is 0 Å². The summed E-state index contributed by atoms with van der Waals surface area (Å²) >= 11 is 0. The Morgan fingerprint density at radius 3 is 2.17 bits per heavy atom. The van der Waals surface area contributed by atoms with Crippen LogP contribution in [-0.4, -0.2) is 53.5 Å². The minimum Gasteiger partial charge on any atom is -0.479 e. The number of rotatable bonds is 3. The Morgan fingerprint density at radius 1 is 1.00 bits per heavy atom. The van der Waals surface area contributed by atoms with Gasteiger partial charge in [0.1, 0.15) is 6.61 Å². The summed E-state index contributed by atoms with van der Waals surface area (Å²) in [5, 5.41) is 9.17. The predicted octanol–water partition coefficient (Wildman–Crippen LogP) is 4.03. The van der Waals surface area contributed by atoms with E-state index < -0.39 is 17.7 Å². The van der Waals surface area contributed by atoms with E-state index in [0.717, 1.165) is 6.42 Å². The molecule has 30 heavy (non-hydrogen) atoms. The Kier molecular flexibility index (Phi) is 4.74. The second-order valence-corrected chi connectivity index (χ2v) is 8.46. The van der Waals surface area contributed by atoms with Crippen molar-refractivity contribution in [2.24, 2.45) is 0 Å². The average Bonchev–Trinajstić information content (AvgIpc) is 3.32. The molecule has 0 saturated carbocycles. The number of carboxylic acid groups (broad SMARTS) is 1. The summed E-state index contributed by atoms with van der Waals surface area (Å²) in [5.74, 6) is -0.849. The van der Waals surface area contributed by atoms with E-state index >= 15 is 0 Å². The standard InChI is InChI=1S/C24H25NO5/c26-22(27)21-9-10-24(30-21)11-13-25(14-12-24)23(28)29-15-20-18-7-3-1-5-16(18)17-6-2-4-8-19(17)20/h1-8,20-21H,9-15H2,(H,26,27). The van der Waals surface area contributed by atoms with Gasteiger partial charge in [-0.05, 0) is 47.9 Å². The van der Waals surface area contributed by atoms with Gasteiger partial charge in [0.2, 0.25) is 0 Å². The second kappa shape index (κ2) is 7.43. The Bertz CT molecular complexity index is 934. The van der Waals surface area contributed by atoms with E-state index in [2.05, 4.69) is 24.3 Å². The third kappa shape index (κ3) is 3.25. The van der Waals surface area contributed by atoms with Crippen molar-refractivity contribution in [3.05, 3.63) is 59.7 Å². The Morgan fingerprint density at radius 2 is 1.60 bits per heavy atom. The quantitative estimate of drug-likeness (QED) is 0.831. The second-order valence-electron chi connectivity index (χ2n) is 8.46. The fourth-order valence-corrected chi connectivity index (χ4v) is 5.14. The lowest BCUT2D eigenvalue weighted by atomic mass is 9.89. The lowest BCUT2D eigenvalue weighted by Crippen LogP contribution is -2.47. The molecule has 6 nitrogen and oxygen atoms in total. The summed E-state index contributed by atoms with van der Waals surface area (Å²) in [4.78, 5) is 25.6.